The highest BCUT2D eigenvalue weighted by atomic mass is 14.2. The van der Waals surface area contributed by atoms with Crippen molar-refractivity contribution < 1.29 is 0 Å². The first-order chi connectivity index (χ1) is 11.6. The van der Waals surface area contributed by atoms with Crippen LogP contribution >= 0.6 is 0 Å². The standard InChI is InChI=1S/C24H50/c1-6-8-10-12-14-16-18-20-22(3)24(5)23(4)21-19-17-15-13-11-9-7-2/h22-24H,6-21H2,1-5H3. The van der Waals surface area contributed by atoms with Crippen LogP contribution in [0.5, 0.6) is 0 Å². The minimum atomic E-state index is 0.908. The molecule has 0 aliphatic heterocycles. The van der Waals surface area contributed by atoms with Gasteiger partial charge >= 0.3 is 0 Å². The lowest BCUT2D eigenvalue weighted by molar-refractivity contribution is 0.244. The molecule has 0 aliphatic rings. The Bertz CT molecular complexity index is 208. The topological polar surface area (TPSA) is 0 Å². The Hall–Kier alpha value is 0. The Kier molecular flexibility index (Phi) is 17.8. The molecule has 0 spiro atoms. The third-order valence-corrected chi connectivity index (χ3v) is 6.32. The Labute approximate surface area is 155 Å². The summed E-state index contributed by atoms with van der Waals surface area (Å²) in [6.45, 7) is 12.1. The van der Waals surface area contributed by atoms with E-state index in [1.54, 1.807) is 0 Å². The molecule has 0 aromatic heterocycles. The fourth-order valence-electron chi connectivity index (χ4n) is 3.93. The van der Waals surface area contributed by atoms with E-state index in [0.717, 1.165) is 17.8 Å². The van der Waals surface area contributed by atoms with E-state index in [1.807, 2.05) is 0 Å². The minimum Gasteiger partial charge on any atom is -0.0654 e. The van der Waals surface area contributed by atoms with E-state index in [9.17, 15) is 0 Å². The van der Waals surface area contributed by atoms with Gasteiger partial charge in [0.15, 0.2) is 0 Å². The molecule has 0 heteroatoms. The van der Waals surface area contributed by atoms with Gasteiger partial charge in [0.2, 0.25) is 0 Å². The molecule has 0 nitrogen and oxygen atoms in total. The van der Waals surface area contributed by atoms with Crippen LogP contribution in [0.2, 0.25) is 0 Å². The van der Waals surface area contributed by atoms with Gasteiger partial charge < -0.3 is 0 Å². The summed E-state index contributed by atoms with van der Waals surface area (Å²) >= 11 is 0. The van der Waals surface area contributed by atoms with E-state index in [-0.39, 0.29) is 0 Å². The van der Waals surface area contributed by atoms with E-state index >= 15 is 0 Å². The molecular weight excluding hydrogens is 288 g/mol. The van der Waals surface area contributed by atoms with Crippen molar-refractivity contribution in [3.63, 3.8) is 0 Å². The minimum absolute atomic E-state index is 0.908. The first kappa shape index (κ1) is 24.0. The summed E-state index contributed by atoms with van der Waals surface area (Å²) in [5, 5.41) is 0. The van der Waals surface area contributed by atoms with Crippen molar-refractivity contribution in [3.8, 4) is 0 Å². The molecule has 0 fully saturated rings. The van der Waals surface area contributed by atoms with Gasteiger partial charge in [-0.15, -0.1) is 0 Å². The predicted molar refractivity (Wildman–Crippen MR) is 113 cm³/mol. The normalized spacial score (nSPS) is 15.4. The second-order valence-electron chi connectivity index (χ2n) is 8.63. The zero-order chi connectivity index (χ0) is 18.0. The van der Waals surface area contributed by atoms with Crippen molar-refractivity contribution in [1.29, 1.82) is 0 Å². The molecule has 0 aromatic carbocycles. The second-order valence-corrected chi connectivity index (χ2v) is 8.63. The molecule has 2 atom stereocenters. The first-order valence-electron chi connectivity index (χ1n) is 11.6. The molecule has 0 aromatic rings. The predicted octanol–water partition coefficient (Wildman–Crippen LogP) is 9.18. The van der Waals surface area contributed by atoms with Gasteiger partial charge in [0, 0.05) is 0 Å². The molecule has 0 heterocycles. The summed E-state index contributed by atoms with van der Waals surface area (Å²) < 4.78 is 0. The van der Waals surface area contributed by atoms with Crippen molar-refractivity contribution in [3.05, 3.63) is 0 Å². The number of hydrogen-bond acceptors (Lipinski definition) is 0. The molecule has 0 saturated carbocycles. The zero-order valence-electron chi connectivity index (χ0n) is 18.0. The summed E-state index contributed by atoms with van der Waals surface area (Å²) in [5.41, 5.74) is 0. The second kappa shape index (κ2) is 17.8. The third kappa shape index (κ3) is 14.4. The van der Waals surface area contributed by atoms with Crippen LogP contribution in [0.3, 0.4) is 0 Å². The smallest absolute Gasteiger partial charge is 0.0391 e. The summed E-state index contributed by atoms with van der Waals surface area (Å²) in [7, 11) is 0. The molecule has 0 saturated heterocycles. The number of hydrogen-bond donors (Lipinski definition) is 0. The van der Waals surface area contributed by atoms with Crippen LogP contribution in [0.4, 0.5) is 0 Å². The van der Waals surface area contributed by atoms with E-state index < -0.39 is 0 Å². The van der Waals surface area contributed by atoms with Crippen LogP contribution < -0.4 is 0 Å². The quantitative estimate of drug-likeness (QED) is 0.218. The van der Waals surface area contributed by atoms with Gasteiger partial charge in [0.25, 0.3) is 0 Å². The first-order valence-corrected chi connectivity index (χ1v) is 11.6. The van der Waals surface area contributed by atoms with Crippen molar-refractivity contribution in [1.82, 2.24) is 0 Å². The van der Waals surface area contributed by atoms with E-state index in [0.29, 0.717) is 0 Å². The highest BCUT2D eigenvalue weighted by Gasteiger charge is 2.18. The summed E-state index contributed by atoms with van der Waals surface area (Å²) in [5.74, 6) is 2.74. The molecule has 0 N–H and O–H groups in total. The van der Waals surface area contributed by atoms with Crippen LogP contribution in [-0.2, 0) is 0 Å². The molecule has 0 rings (SSSR count). The molecule has 0 radical (unpaired) electrons. The average Bonchev–Trinajstić information content (AvgIpc) is 2.59. The average molecular weight is 339 g/mol. The van der Waals surface area contributed by atoms with Crippen LogP contribution in [-0.4, -0.2) is 0 Å². The lowest BCUT2D eigenvalue weighted by atomic mass is 9.80. The van der Waals surface area contributed by atoms with Crippen molar-refractivity contribution >= 4 is 0 Å². The summed E-state index contributed by atoms with van der Waals surface area (Å²) in [6.07, 6.45) is 23.1. The molecule has 146 valence electrons. The van der Waals surface area contributed by atoms with Crippen molar-refractivity contribution in [2.45, 2.75) is 137 Å². The van der Waals surface area contributed by atoms with Crippen LogP contribution in [0.1, 0.15) is 137 Å². The fraction of sp³-hybridized carbons (Fsp3) is 1.00. The van der Waals surface area contributed by atoms with Crippen LogP contribution in [0, 0.1) is 17.8 Å². The largest absolute Gasteiger partial charge is 0.0654 e. The maximum Gasteiger partial charge on any atom is -0.0391 e. The number of rotatable bonds is 18. The number of unbranched alkanes of at least 4 members (excludes halogenated alkanes) is 12. The van der Waals surface area contributed by atoms with Gasteiger partial charge in [0.1, 0.15) is 0 Å². The highest BCUT2D eigenvalue weighted by molar-refractivity contribution is 4.69. The molecule has 0 aliphatic carbocycles. The molecule has 0 bridgehead atoms. The zero-order valence-corrected chi connectivity index (χ0v) is 18.0. The Morgan fingerprint density at radius 2 is 0.708 bits per heavy atom. The highest BCUT2D eigenvalue weighted by Crippen LogP contribution is 2.29. The summed E-state index contributed by atoms with van der Waals surface area (Å²) in [6, 6.07) is 0. The Balaban J connectivity index is 3.55. The summed E-state index contributed by atoms with van der Waals surface area (Å²) in [4.78, 5) is 0. The van der Waals surface area contributed by atoms with E-state index in [1.165, 1.54) is 103 Å². The van der Waals surface area contributed by atoms with Gasteiger partial charge in [-0.2, -0.15) is 0 Å². The maximum absolute atomic E-state index is 2.51. The lowest BCUT2D eigenvalue weighted by Gasteiger charge is -2.26. The van der Waals surface area contributed by atoms with Crippen LogP contribution in [0.15, 0.2) is 0 Å². The molecule has 24 heavy (non-hydrogen) atoms. The van der Waals surface area contributed by atoms with Gasteiger partial charge in [-0.25, -0.2) is 0 Å². The van der Waals surface area contributed by atoms with Gasteiger partial charge in [-0.1, -0.05) is 137 Å². The SMILES string of the molecule is CCCCCCCCCC(C)C(C)C(C)CCCCCCCCC. The lowest BCUT2D eigenvalue weighted by Crippen LogP contribution is -2.16. The van der Waals surface area contributed by atoms with Crippen LogP contribution in [0.25, 0.3) is 0 Å². The van der Waals surface area contributed by atoms with Gasteiger partial charge in [-0.3, -0.25) is 0 Å². The third-order valence-electron chi connectivity index (χ3n) is 6.32. The van der Waals surface area contributed by atoms with Gasteiger partial charge in [-0.05, 0) is 17.8 Å². The molecule has 0 amide bonds. The Morgan fingerprint density at radius 1 is 0.417 bits per heavy atom. The molecule has 2 unspecified atom stereocenters. The van der Waals surface area contributed by atoms with E-state index in [2.05, 4.69) is 34.6 Å². The van der Waals surface area contributed by atoms with Crippen molar-refractivity contribution in [2.75, 3.05) is 0 Å². The van der Waals surface area contributed by atoms with Gasteiger partial charge in [0.05, 0.1) is 0 Å². The van der Waals surface area contributed by atoms with Crippen molar-refractivity contribution in [2.24, 2.45) is 17.8 Å². The Morgan fingerprint density at radius 3 is 1.04 bits per heavy atom. The monoisotopic (exact) mass is 338 g/mol. The fourth-order valence-corrected chi connectivity index (χ4v) is 3.93. The maximum atomic E-state index is 2.51. The van der Waals surface area contributed by atoms with E-state index in [4.69, 9.17) is 0 Å². The molecular formula is C24H50.